The first-order valence-corrected chi connectivity index (χ1v) is 2.63. The Morgan fingerprint density at radius 2 is 2.43 bits per heavy atom. The van der Waals surface area contributed by atoms with Crippen LogP contribution in [-0.2, 0) is 0 Å². The van der Waals surface area contributed by atoms with Gasteiger partial charge in [-0.05, 0) is 13.3 Å². The first kappa shape index (κ1) is 5.06. The highest BCUT2D eigenvalue weighted by Crippen LogP contribution is 2.05. The number of hydrogen-bond acceptors (Lipinski definition) is 1. The highest BCUT2D eigenvalue weighted by atomic mass is 16.3. The summed E-state index contributed by atoms with van der Waals surface area (Å²) in [7, 11) is 0. The lowest BCUT2D eigenvalue weighted by Gasteiger charge is -1.94. The van der Waals surface area contributed by atoms with E-state index in [2.05, 4.69) is 5.32 Å². The van der Waals surface area contributed by atoms with E-state index in [1.165, 1.54) is 0 Å². The maximum atomic E-state index is 8.81. The molecule has 7 heavy (non-hydrogen) atoms. The molecule has 0 spiro atoms. The predicted molar refractivity (Wildman–Crippen MR) is 27.1 cm³/mol. The third-order valence-corrected chi connectivity index (χ3v) is 1.24. The zero-order valence-electron chi connectivity index (χ0n) is 4.46. The van der Waals surface area contributed by atoms with Gasteiger partial charge in [-0.15, -0.1) is 0 Å². The van der Waals surface area contributed by atoms with Crippen LogP contribution in [0.3, 0.4) is 0 Å². The van der Waals surface area contributed by atoms with Gasteiger partial charge in [-0.1, -0.05) is 0 Å². The zero-order valence-corrected chi connectivity index (χ0v) is 4.46. The summed E-state index contributed by atoms with van der Waals surface area (Å²) in [6.45, 7) is 2.68. The van der Waals surface area contributed by atoms with E-state index in [1.54, 1.807) is 0 Å². The standard InChI is InChI=1S/C5H10NO/c1-4-2-5(7)3-6-4/h4-5,7H,2-3H2,1H3/t4-,5-/m0/s1. The van der Waals surface area contributed by atoms with E-state index in [4.69, 9.17) is 5.11 Å². The second-order valence-corrected chi connectivity index (χ2v) is 2.10. The minimum absolute atomic E-state index is 0.144. The van der Waals surface area contributed by atoms with Crippen LogP contribution in [0, 0.1) is 0 Å². The summed E-state index contributed by atoms with van der Waals surface area (Å²) >= 11 is 0. The maximum Gasteiger partial charge on any atom is 0.0696 e. The molecule has 1 fully saturated rings. The van der Waals surface area contributed by atoms with Gasteiger partial charge >= 0.3 is 0 Å². The van der Waals surface area contributed by atoms with Gasteiger partial charge in [0.05, 0.1) is 6.10 Å². The molecule has 0 saturated carbocycles. The molecule has 1 aliphatic rings. The van der Waals surface area contributed by atoms with Crippen LogP contribution in [0.2, 0.25) is 0 Å². The fourth-order valence-corrected chi connectivity index (χ4v) is 0.844. The zero-order chi connectivity index (χ0) is 5.28. The Bertz CT molecular complexity index is 57.1. The van der Waals surface area contributed by atoms with Gasteiger partial charge in [0.2, 0.25) is 0 Å². The van der Waals surface area contributed by atoms with Gasteiger partial charge in [-0.25, -0.2) is 5.32 Å². The second-order valence-electron chi connectivity index (χ2n) is 2.10. The van der Waals surface area contributed by atoms with Crippen molar-refractivity contribution >= 4 is 0 Å². The predicted octanol–water partition coefficient (Wildman–Crippen LogP) is -0.256. The van der Waals surface area contributed by atoms with Crippen LogP contribution in [0.4, 0.5) is 0 Å². The van der Waals surface area contributed by atoms with Crippen molar-refractivity contribution in [2.45, 2.75) is 25.5 Å². The fourth-order valence-electron chi connectivity index (χ4n) is 0.844. The van der Waals surface area contributed by atoms with Crippen molar-refractivity contribution in [3.8, 4) is 0 Å². The lowest BCUT2D eigenvalue weighted by molar-refractivity contribution is 0.193. The summed E-state index contributed by atoms with van der Waals surface area (Å²) in [5.41, 5.74) is 0. The largest absolute Gasteiger partial charge is 0.392 e. The summed E-state index contributed by atoms with van der Waals surface area (Å²) in [5.74, 6) is 0. The van der Waals surface area contributed by atoms with E-state index in [-0.39, 0.29) is 6.10 Å². The molecule has 0 aromatic carbocycles. The van der Waals surface area contributed by atoms with E-state index >= 15 is 0 Å². The van der Waals surface area contributed by atoms with Gasteiger partial charge in [0, 0.05) is 12.6 Å². The van der Waals surface area contributed by atoms with Gasteiger partial charge in [0.25, 0.3) is 0 Å². The SMILES string of the molecule is C[C@H]1C[C@H](O)C[N]1. The molecule has 0 unspecified atom stereocenters. The third-order valence-electron chi connectivity index (χ3n) is 1.24. The monoisotopic (exact) mass is 100 g/mol. The Morgan fingerprint density at radius 3 is 2.57 bits per heavy atom. The lowest BCUT2D eigenvalue weighted by Crippen LogP contribution is -2.08. The third kappa shape index (κ3) is 1.14. The van der Waals surface area contributed by atoms with Gasteiger partial charge in [-0.2, -0.15) is 0 Å². The van der Waals surface area contributed by atoms with Gasteiger partial charge in [0.1, 0.15) is 0 Å². The van der Waals surface area contributed by atoms with Crippen molar-refractivity contribution in [2.75, 3.05) is 6.54 Å². The quantitative estimate of drug-likeness (QED) is 0.447. The van der Waals surface area contributed by atoms with Crippen LogP contribution in [-0.4, -0.2) is 23.8 Å². The van der Waals surface area contributed by atoms with Crippen LogP contribution in [0.5, 0.6) is 0 Å². The molecular weight excluding hydrogens is 90.1 g/mol. The van der Waals surface area contributed by atoms with Gasteiger partial charge in [-0.3, -0.25) is 0 Å². The van der Waals surface area contributed by atoms with Crippen molar-refractivity contribution in [3.05, 3.63) is 0 Å². The van der Waals surface area contributed by atoms with Gasteiger partial charge < -0.3 is 5.11 Å². The summed E-state index contributed by atoms with van der Waals surface area (Å²) in [6, 6.07) is 0.398. The Hall–Kier alpha value is -0.0800. The molecule has 1 saturated heterocycles. The smallest absolute Gasteiger partial charge is 0.0696 e. The van der Waals surface area contributed by atoms with E-state index in [0.717, 1.165) is 6.42 Å². The van der Waals surface area contributed by atoms with Crippen LogP contribution < -0.4 is 5.32 Å². The first-order valence-electron chi connectivity index (χ1n) is 2.63. The highest BCUT2D eigenvalue weighted by Gasteiger charge is 2.18. The molecule has 1 heterocycles. The Kier molecular flexibility index (Phi) is 1.30. The summed E-state index contributed by atoms with van der Waals surface area (Å²) in [5, 5.41) is 12.9. The van der Waals surface area contributed by atoms with Crippen LogP contribution in [0.25, 0.3) is 0 Å². The first-order chi connectivity index (χ1) is 3.29. The minimum Gasteiger partial charge on any atom is -0.392 e. The Morgan fingerprint density at radius 1 is 1.71 bits per heavy atom. The molecule has 1 aliphatic heterocycles. The molecule has 0 amide bonds. The fraction of sp³-hybridized carbons (Fsp3) is 1.00. The number of hydrogen-bond donors (Lipinski definition) is 1. The van der Waals surface area contributed by atoms with Crippen molar-refractivity contribution in [2.24, 2.45) is 0 Å². The molecule has 1 radical (unpaired) electrons. The van der Waals surface area contributed by atoms with Crippen molar-refractivity contribution in [3.63, 3.8) is 0 Å². The topological polar surface area (TPSA) is 34.3 Å². The number of aliphatic hydroxyl groups is 1. The second kappa shape index (κ2) is 1.80. The number of aliphatic hydroxyl groups excluding tert-OH is 1. The molecule has 1 N–H and O–H groups in total. The van der Waals surface area contributed by atoms with Crippen LogP contribution in [0.1, 0.15) is 13.3 Å². The molecule has 0 aliphatic carbocycles. The van der Waals surface area contributed by atoms with Crippen LogP contribution in [0.15, 0.2) is 0 Å². The molecule has 2 nitrogen and oxygen atoms in total. The van der Waals surface area contributed by atoms with Crippen LogP contribution >= 0.6 is 0 Å². The molecule has 0 aromatic rings. The average Bonchev–Trinajstić information content (AvgIpc) is 1.87. The molecular formula is C5H10NO. The van der Waals surface area contributed by atoms with E-state index in [9.17, 15) is 0 Å². The lowest BCUT2D eigenvalue weighted by atomic mass is 10.2. The van der Waals surface area contributed by atoms with Crippen molar-refractivity contribution in [1.29, 1.82) is 0 Å². The van der Waals surface area contributed by atoms with Crippen molar-refractivity contribution < 1.29 is 5.11 Å². The molecule has 0 aromatic heterocycles. The molecule has 41 valence electrons. The Balaban J connectivity index is 2.26. The number of rotatable bonds is 0. The summed E-state index contributed by atoms with van der Waals surface area (Å²) in [6.07, 6.45) is 0.718. The van der Waals surface area contributed by atoms with E-state index in [1.807, 2.05) is 6.92 Å². The highest BCUT2D eigenvalue weighted by molar-refractivity contribution is 4.75. The van der Waals surface area contributed by atoms with E-state index in [0.29, 0.717) is 12.6 Å². The molecule has 1 rings (SSSR count). The normalized spacial score (nSPS) is 42.0. The van der Waals surface area contributed by atoms with Gasteiger partial charge in [0.15, 0.2) is 0 Å². The summed E-state index contributed by atoms with van der Waals surface area (Å²) < 4.78 is 0. The Labute approximate surface area is 43.5 Å². The average molecular weight is 100 g/mol. The minimum atomic E-state index is -0.144. The van der Waals surface area contributed by atoms with E-state index < -0.39 is 0 Å². The number of nitrogens with zero attached hydrogens (tertiary/aromatic N) is 1. The molecule has 2 heteroatoms. The molecule has 2 atom stereocenters. The van der Waals surface area contributed by atoms with Crippen molar-refractivity contribution in [1.82, 2.24) is 5.32 Å². The summed E-state index contributed by atoms with van der Waals surface area (Å²) in [4.78, 5) is 0. The maximum absolute atomic E-state index is 8.81. The molecule has 0 bridgehead atoms.